The summed E-state index contributed by atoms with van der Waals surface area (Å²) in [5.74, 6) is -0.951. The highest BCUT2D eigenvalue weighted by molar-refractivity contribution is 8.18. The zero-order valence-corrected chi connectivity index (χ0v) is 14.0. The standard InChI is InChI=1S/C17H12FN3O4S/c18-12-4-1-3-11(7-12)8-15-16(22)20(17(23)26-15)10-19-13-5-2-6-14(9-13)21(24)25/h1-9,19H,10H2/b15-8-. The lowest BCUT2D eigenvalue weighted by molar-refractivity contribution is -0.384. The molecule has 2 amide bonds. The molecule has 7 nitrogen and oxygen atoms in total. The molecule has 3 rings (SSSR count). The van der Waals surface area contributed by atoms with Crippen molar-refractivity contribution in [2.24, 2.45) is 0 Å². The van der Waals surface area contributed by atoms with E-state index < -0.39 is 21.9 Å². The third kappa shape index (κ3) is 3.89. The number of nitro groups is 1. The van der Waals surface area contributed by atoms with Crippen LogP contribution in [-0.2, 0) is 4.79 Å². The summed E-state index contributed by atoms with van der Waals surface area (Å²) < 4.78 is 13.2. The molecule has 1 heterocycles. The van der Waals surface area contributed by atoms with Crippen LogP contribution in [0.4, 0.5) is 20.6 Å². The Balaban J connectivity index is 1.71. The first kappa shape index (κ1) is 17.6. The maximum absolute atomic E-state index is 13.2. The number of rotatable bonds is 5. The van der Waals surface area contributed by atoms with E-state index in [0.29, 0.717) is 11.3 Å². The molecule has 0 saturated carbocycles. The lowest BCUT2D eigenvalue weighted by Gasteiger charge is -2.14. The molecule has 2 aromatic carbocycles. The molecule has 0 bridgehead atoms. The molecule has 0 spiro atoms. The minimum absolute atomic E-state index is 0.102. The SMILES string of the molecule is O=C1S/C(=C\c2cccc(F)c2)C(=O)N1CNc1cccc([N+](=O)[O-])c1. The van der Waals surface area contributed by atoms with Crippen molar-refractivity contribution in [1.29, 1.82) is 0 Å². The van der Waals surface area contributed by atoms with Gasteiger partial charge in [-0.15, -0.1) is 0 Å². The average Bonchev–Trinajstić information content (AvgIpc) is 2.87. The summed E-state index contributed by atoms with van der Waals surface area (Å²) >= 11 is 0.754. The second-order valence-electron chi connectivity index (χ2n) is 5.31. The second kappa shape index (κ2) is 7.36. The summed E-state index contributed by atoms with van der Waals surface area (Å²) in [7, 11) is 0. The van der Waals surface area contributed by atoms with Crippen LogP contribution in [-0.4, -0.2) is 27.6 Å². The van der Waals surface area contributed by atoms with Gasteiger partial charge in [0.25, 0.3) is 16.8 Å². The van der Waals surface area contributed by atoms with Gasteiger partial charge >= 0.3 is 0 Å². The lowest BCUT2D eigenvalue weighted by Crippen LogP contribution is -2.33. The number of thioether (sulfide) groups is 1. The maximum Gasteiger partial charge on any atom is 0.295 e. The van der Waals surface area contributed by atoms with Crippen molar-refractivity contribution in [3.8, 4) is 0 Å². The first-order valence-electron chi connectivity index (χ1n) is 7.43. The Hall–Kier alpha value is -3.20. The fourth-order valence-corrected chi connectivity index (χ4v) is 3.12. The summed E-state index contributed by atoms with van der Waals surface area (Å²) in [5.41, 5.74) is 0.782. The summed E-state index contributed by atoms with van der Waals surface area (Å²) in [6.07, 6.45) is 1.45. The highest BCUT2D eigenvalue weighted by Gasteiger charge is 2.34. The molecule has 0 aromatic heterocycles. The third-order valence-electron chi connectivity index (χ3n) is 3.52. The summed E-state index contributed by atoms with van der Waals surface area (Å²) in [5, 5.41) is 13.1. The van der Waals surface area contributed by atoms with E-state index in [1.807, 2.05) is 0 Å². The minimum atomic E-state index is -0.535. The summed E-state index contributed by atoms with van der Waals surface area (Å²) in [6, 6.07) is 11.4. The molecule has 0 aliphatic carbocycles. The molecule has 1 aliphatic rings. The number of carbonyl (C=O) groups excluding carboxylic acids is 2. The van der Waals surface area contributed by atoms with E-state index >= 15 is 0 Å². The zero-order valence-electron chi connectivity index (χ0n) is 13.2. The monoisotopic (exact) mass is 373 g/mol. The van der Waals surface area contributed by atoms with Gasteiger partial charge in [-0.2, -0.15) is 0 Å². The van der Waals surface area contributed by atoms with Crippen LogP contribution in [0.3, 0.4) is 0 Å². The van der Waals surface area contributed by atoms with Crippen LogP contribution in [0.25, 0.3) is 6.08 Å². The molecule has 9 heteroatoms. The van der Waals surface area contributed by atoms with Gasteiger partial charge in [0.1, 0.15) is 5.82 Å². The van der Waals surface area contributed by atoms with Crippen molar-refractivity contribution in [2.75, 3.05) is 12.0 Å². The fraction of sp³-hybridized carbons (Fsp3) is 0.0588. The number of nitrogens with one attached hydrogen (secondary N) is 1. The van der Waals surface area contributed by atoms with Crippen LogP contribution < -0.4 is 5.32 Å². The Labute approximate surface area is 151 Å². The number of amides is 2. The van der Waals surface area contributed by atoms with Gasteiger partial charge in [-0.3, -0.25) is 24.6 Å². The molecular formula is C17H12FN3O4S. The number of hydrogen-bond acceptors (Lipinski definition) is 6. The molecule has 1 N–H and O–H groups in total. The highest BCUT2D eigenvalue weighted by atomic mass is 32.2. The first-order chi connectivity index (χ1) is 12.4. The average molecular weight is 373 g/mol. The van der Waals surface area contributed by atoms with Crippen LogP contribution in [0.5, 0.6) is 0 Å². The van der Waals surface area contributed by atoms with Gasteiger partial charge in [0.2, 0.25) is 0 Å². The van der Waals surface area contributed by atoms with Gasteiger partial charge in [-0.1, -0.05) is 18.2 Å². The molecule has 0 atom stereocenters. The van der Waals surface area contributed by atoms with E-state index in [1.54, 1.807) is 12.1 Å². The number of carbonyl (C=O) groups is 2. The Morgan fingerprint density at radius 1 is 1.19 bits per heavy atom. The fourth-order valence-electron chi connectivity index (χ4n) is 2.28. The van der Waals surface area contributed by atoms with E-state index in [4.69, 9.17) is 0 Å². The molecule has 26 heavy (non-hydrogen) atoms. The molecule has 2 aromatic rings. The molecule has 1 aliphatic heterocycles. The number of nitrogens with zero attached hydrogens (tertiary/aromatic N) is 2. The molecule has 1 fully saturated rings. The van der Waals surface area contributed by atoms with E-state index in [9.17, 15) is 24.1 Å². The van der Waals surface area contributed by atoms with Crippen LogP contribution in [0.15, 0.2) is 53.4 Å². The minimum Gasteiger partial charge on any atom is -0.367 e. The summed E-state index contributed by atoms with van der Waals surface area (Å²) in [6.45, 7) is -0.133. The molecule has 0 unspecified atom stereocenters. The highest BCUT2D eigenvalue weighted by Crippen LogP contribution is 2.32. The normalized spacial score (nSPS) is 15.6. The van der Waals surface area contributed by atoms with E-state index in [1.165, 1.54) is 42.5 Å². The molecule has 1 saturated heterocycles. The van der Waals surface area contributed by atoms with Crippen molar-refractivity contribution >= 4 is 40.4 Å². The van der Waals surface area contributed by atoms with E-state index in [2.05, 4.69) is 5.32 Å². The van der Waals surface area contributed by atoms with Crippen molar-refractivity contribution in [1.82, 2.24) is 4.90 Å². The van der Waals surface area contributed by atoms with Crippen LogP contribution >= 0.6 is 11.8 Å². The zero-order chi connectivity index (χ0) is 18.7. The number of nitro benzene ring substituents is 1. The van der Waals surface area contributed by atoms with Gasteiger partial charge < -0.3 is 5.32 Å². The van der Waals surface area contributed by atoms with Gasteiger partial charge in [-0.05, 0) is 41.6 Å². The number of benzene rings is 2. The number of non-ortho nitro benzene ring substituents is 1. The number of halogens is 1. The molecular weight excluding hydrogens is 361 g/mol. The predicted octanol–water partition coefficient (Wildman–Crippen LogP) is 3.84. The molecule has 132 valence electrons. The van der Waals surface area contributed by atoms with Crippen molar-refractivity contribution in [2.45, 2.75) is 0 Å². The van der Waals surface area contributed by atoms with Gasteiger partial charge in [0, 0.05) is 17.8 Å². The smallest absolute Gasteiger partial charge is 0.295 e. The lowest BCUT2D eigenvalue weighted by atomic mass is 10.2. The largest absolute Gasteiger partial charge is 0.367 e. The van der Waals surface area contributed by atoms with Gasteiger partial charge in [0.15, 0.2) is 0 Å². The summed E-state index contributed by atoms with van der Waals surface area (Å²) in [4.78, 5) is 35.8. The predicted molar refractivity (Wildman–Crippen MR) is 95.8 cm³/mol. The molecule has 0 radical (unpaired) electrons. The third-order valence-corrected chi connectivity index (χ3v) is 4.43. The number of hydrogen-bond donors (Lipinski definition) is 1. The quantitative estimate of drug-likeness (QED) is 0.486. The van der Waals surface area contributed by atoms with E-state index in [-0.39, 0.29) is 17.3 Å². The number of anilines is 1. The second-order valence-corrected chi connectivity index (χ2v) is 6.30. The Kier molecular flexibility index (Phi) is 4.99. The van der Waals surface area contributed by atoms with Crippen molar-refractivity contribution in [3.05, 3.63) is 74.9 Å². The van der Waals surface area contributed by atoms with Crippen LogP contribution in [0, 0.1) is 15.9 Å². The Morgan fingerprint density at radius 3 is 2.69 bits per heavy atom. The first-order valence-corrected chi connectivity index (χ1v) is 8.25. The van der Waals surface area contributed by atoms with Crippen LogP contribution in [0.1, 0.15) is 5.56 Å². The van der Waals surface area contributed by atoms with E-state index in [0.717, 1.165) is 16.7 Å². The number of imide groups is 1. The topological polar surface area (TPSA) is 92.6 Å². The van der Waals surface area contributed by atoms with Crippen LogP contribution in [0.2, 0.25) is 0 Å². The van der Waals surface area contributed by atoms with Crippen molar-refractivity contribution < 1.29 is 18.9 Å². The Bertz CT molecular complexity index is 932. The van der Waals surface area contributed by atoms with Crippen molar-refractivity contribution in [3.63, 3.8) is 0 Å². The van der Waals surface area contributed by atoms with Gasteiger partial charge in [-0.25, -0.2) is 4.39 Å². The Morgan fingerprint density at radius 2 is 1.96 bits per heavy atom. The van der Waals surface area contributed by atoms with Gasteiger partial charge in [0.05, 0.1) is 16.5 Å². The maximum atomic E-state index is 13.2.